The molecule has 0 amide bonds. The van der Waals surface area contributed by atoms with E-state index in [2.05, 4.69) is 4.74 Å². The van der Waals surface area contributed by atoms with Gasteiger partial charge in [0.05, 0.1) is 24.2 Å². The monoisotopic (exact) mass is 276 g/mol. The van der Waals surface area contributed by atoms with Crippen LogP contribution in [0, 0.1) is 0 Å². The van der Waals surface area contributed by atoms with Crippen LogP contribution in [0.15, 0.2) is 24.3 Å². The molecule has 0 fully saturated rings. The molecule has 0 aliphatic carbocycles. The summed E-state index contributed by atoms with van der Waals surface area (Å²) >= 11 is 0. The van der Waals surface area contributed by atoms with Crippen molar-refractivity contribution in [3.8, 4) is 0 Å². The summed E-state index contributed by atoms with van der Waals surface area (Å²) in [4.78, 5) is 11.3. The Bertz CT molecular complexity index is 453. The lowest BCUT2D eigenvalue weighted by atomic mass is 9.88. The Morgan fingerprint density at radius 3 is 2.26 bits per heavy atom. The van der Waals surface area contributed by atoms with Gasteiger partial charge in [-0.05, 0) is 25.5 Å². The van der Waals surface area contributed by atoms with Crippen LogP contribution >= 0.6 is 0 Å². The standard InChI is InChI=1S/C13H15F3O3/c1-3-19-11(17)8-12(2,18)9-6-4-5-7-10(9)13(14,15)16/h4-7,18H,3,8H2,1-2H3. The molecule has 0 aliphatic rings. The molecule has 0 saturated heterocycles. The minimum Gasteiger partial charge on any atom is -0.466 e. The molecule has 1 aromatic rings. The van der Waals surface area contributed by atoms with Crippen molar-refractivity contribution in [1.29, 1.82) is 0 Å². The zero-order valence-electron chi connectivity index (χ0n) is 10.6. The highest BCUT2D eigenvalue weighted by molar-refractivity contribution is 5.71. The minimum atomic E-state index is -4.59. The summed E-state index contributed by atoms with van der Waals surface area (Å²) in [6.45, 7) is 2.85. The molecular formula is C13H15F3O3. The van der Waals surface area contributed by atoms with Crippen LogP contribution in [-0.2, 0) is 21.3 Å². The van der Waals surface area contributed by atoms with Gasteiger partial charge in [-0.15, -0.1) is 0 Å². The summed E-state index contributed by atoms with van der Waals surface area (Å²) in [7, 11) is 0. The maximum Gasteiger partial charge on any atom is 0.416 e. The van der Waals surface area contributed by atoms with Crippen molar-refractivity contribution in [3.63, 3.8) is 0 Å². The molecule has 1 atom stereocenters. The van der Waals surface area contributed by atoms with Crippen LogP contribution in [0.4, 0.5) is 13.2 Å². The Kier molecular flexibility index (Phi) is 4.57. The number of alkyl halides is 3. The number of halogens is 3. The van der Waals surface area contributed by atoms with E-state index in [1.165, 1.54) is 12.1 Å². The minimum absolute atomic E-state index is 0.107. The molecule has 106 valence electrons. The first-order valence-electron chi connectivity index (χ1n) is 5.73. The second-order valence-electron chi connectivity index (χ2n) is 4.30. The Morgan fingerprint density at radius 1 is 1.26 bits per heavy atom. The van der Waals surface area contributed by atoms with Crippen molar-refractivity contribution >= 4 is 5.97 Å². The van der Waals surface area contributed by atoms with Gasteiger partial charge in [0.15, 0.2) is 0 Å². The lowest BCUT2D eigenvalue weighted by Gasteiger charge is -2.26. The summed E-state index contributed by atoms with van der Waals surface area (Å²) in [5, 5.41) is 10.1. The van der Waals surface area contributed by atoms with Crippen LogP contribution in [-0.4, -0.2) is 17.7 Å². The van der Waals surface area contributed by atoms with Crippen LogP contribution in [0.1, 0.15) is 31.4 Å². The van der Waals surface area contributed by atoms with Crippen molar-refractivity contribution in [2.45, 2.75) is 32.0 Å². The summed E-state index contributed by atoms with van der Waals surface area (Å²) < 4.78 is 43.2. The van der Waals surface area contributed by atoms with Crippen LogP contribution < -0.4 is 0 Å². The number of carbonyl (C=O) groups excluding carboxylic acids is 1. The second-order valence-corrected chi connectivity index (χ2v) is 4.30. The molecule has 0 saturated carbocycles. The predicted octanol–water partition coefficient (Wildman–Crippen LogP) is 2.87. The average Bonchev–Trinajstić information content (AvgIpc) is 2.27. The van der Waals surface area contributed by atoms with E-state index in [9.17, 15) is 23.1 Å². The number of esters is 1. The van der Waals surface area contributed by atoms with Gasteiger partial charge in [-0.1, -0.05) is 18.2 Å². The number of hydrogen-bond donors (Lipinski definition) is 1. The van der Waals surface area contributed by atoms with Crippen molar-refractivity contribution in [1.82, 2.24) is 0 Å². The van der Waals surface area contributed by atoms with E-state index >= 15 is 0 Å². The molecule has 0 spiro atoms. The van der Waals surface area contributed by atoms with Gasteiger partial charge in [-0.2, -0.15) is 13.2 Å². The average molecular weight is 276 g/mol. The van der Waals surface area contributed by atoms with E-state index in [1.807, 2.05) is 0 Å². The highest BCUT2D eigenvalue weighted by Gasteiger charge is 2.39. The first-order valence-corrected chi connectivity index (χ1v) is 5.73. The Hall–Kier alpha value is -1.56. The van der Waals surface area contributed by atoms with E-state index in [-0.39, 0.29) is 12.2 Å². The zero-order valence-corrected chi connectivity index (χ0v) is 10.6. The molecule has 0 heterocycles. The number of ether oxygens (including phenoxy) is 1. The van der Waals surface area contributed by atoms with Gasteiger partial charge in [0, 0.05) is 0 Å². The second kappa shape index (κ2) is 5.61. The molecule has 19 heavy (non-hydrogen) atoms. The molecule has 0 bridgehead atoms. The number of aliphatic hydroxyl groups is 1. The maximum absolute atomic E-state index is 12.8. The lowest BCUT2D eigenvalue weighted by Crippen LogP contribution is -2.29. The number of benzene rings is 1. The topological polar surface area (TPSA) is 46.5 Å². The largest absolute Gasteiger partial charge is 0.466 e. The summed E-state index contributed by atoms with van der Waals surface area (Å²) in [6, 6.07) is 4.63. The highest BCUT2D eigenvalue weighted by Crippen LogP contribution is 2.37. The zero-order chi connectivity index (χ0) is 14.7. The third kappa shape index (κ3) is 3.96. The fourth-order valence-electron chi connectivity index (χ4n) is 1.79. The Balaban J connectivity index is 3.11. The molecule has 0 radical (unpaired) electrons. The van der Waals surface area contributed by atoms with Crippen LogP contribution in [0.5, 0.6) is 0 Å². The van der Waals surface area contributed by atoms with Crippen molar-refractivity contribution < 1.29 is 27.8 Å². The van der Waals surface area contributed by atoms with Gasteiger partial charge in [0.1, 0.15) is 0 Å². The van der Waals surface area contributed by atoms with Gasteiger partial charge in [-0.25, -0.2) is 0 Å². The quantitative estimate of drug-likeness (QED) is 0.860. The third-order valence-electron chi connectivity index (χ3n) is 2.61. The molecular weight excluding hydrogens is 261 g/mol. The molecule has 1 N–H and O–H groups in total. The number of rotatable bonds is 4. The molecule has 1 aromatic carbocycles. The van der Waals surface area contributed by atoms with Gasteiger partial charge >= 0.3 is 12.1 Å². The molecule has 1 unspecified atom stereocenters. The molecule has 6 heteroatoms. The maximum atomic E-state index is 12.8. The van der Waals surface area contributed by atoms with E-state index in [4.69, 9.17) is 0 Å². The molecule has 0 aromatic heterocycles. The summed E-state index contributed by atoms with van der Waals surface area (Å²) in [5.41, 5.74) is -3.22. The predicted molar refractivity (Wildman–Crippen MR) is 62.3 cm³/mol. The van der Waals surface area contributed by atoms with Crippen LogP contribution in [0.3, 0.4) is 0 Å². The summed E-state index contributed by atoms with van der Waals surface area (Å²) in [5.74, 6) is -0.746. The van der Waals surface area contributed by atoms with Crippen molar-refractivity contribution in [2.75, 3.05) is 6.61 Å². The van der Waals surface area contributed by atoms with E-state index in [0.29, 0.717) is 0 Å². The number of carbonyl (C=O) groups is 1. The van der Waals surface area contributed by atoms with E-state index < -0.39 is 29.7 Å². The first kappa shape index (κ1) is 15.5. The molecule has 3 nitrogen and oxygen atoms in total. The van der Waals surface area contributed by atoms with Gasteiger partial charge < -0.3 is 9.84 Å². The van der Waals surface area contributed by atoms with Gasteiger partial charge in [-0.3, -0.25) is 4.79 Å². The molecule has 0 aliphatic heterocycles. The third-order valence-corrected chi connectivity index (χ3v) is 2.61. The smallest absolute Gasteiger partial charge is 0.416 e. The first-order chi connectivity index (χ1) is 8.68. The van der Waals surface area contributed by atoms with Crippen molar-refractivity contribution in [3.05, 3.63) is 35.4 Å². The fourth-order valence-corrected chi connectivity index (χ4v) is 1.79. The van der Waals surface area contributed by atoms with Crippen LogP contribution in [0.2, 0.25) is 0 Å². The van der Waals surface area contributed by atoms with E-state index in [0.717, 1.165) is 19.1 Å². The lowest BCUT2D eigenvalue weighted by molar-refractivity contribution is -0.151. The molecule has 1 rings (SSSR count). The van der Waals surface area contributed by atoms with Crippen LogP contribution in [0.25, 0.3) is 0 Å². The van der Waals surface area contributed by atoms with Crippen molar-refractivity contribution in [2.24, 2.45) is 0 Å². The Labute approximate surface area is 109 Å². The number of hydrogen-bond acceptors (Lipinski definition) is 3. The highest BCUT2D eigenvalue weighted by atomic mass is 19.4. The van der Waals surface area contributed by atoms with E-state index in [1.54, 1.807) is 6.92 Å². The summed E-state index contributed by atoms with van der Waals surface area (Å²) in [6.07, 6.45) is -5.12. The SMILES string of the molecule is CCOC(=O)CC(C)(O)c1ccccc1C(F)(F)F. The fraction of sp³-hybridized carbons (Fsp3) is 0.462. The van der Waals surface area contributed by atoms with Gasteiger partial charge in [0.2, 0.25) is 0 Å². The Morgan fingerprint density at radius 2 is 1.79 bits per heavy atom. The van der Waals surface area contributed by atoms with Gasteiger partial charge in [0.25, 0.3) is 0 Å². The normalized spacial score (nSPS) is 14.8.